The minimum atomic E-state index is -3.50. The van der Waals surface area contributed by atoms with E-state index in [0.717, 1.165) is 31.6 Å². The molecule has 21 heavy (non-hydrogen) atoms. The summed E-state index contributed by atoms with van der Waals surface area (Å²) in [6.45, 7) is 3.93. The molecule has 0 atom stereocenters. The molecule has 0 bridgehead atoms. The second-order valence-corrected chi connectivity index (χ2v) is 7.43. The molecule has 118 valence electrons. The number of hydrogen-bond acceptors (Lipinski definition) is 4. The highest BCUT2D eigenvalue weighted by Crippen LogP contribution is 2.20. The SMILES string of the molecule is NCc1ccc(S(=O)(=O)NCCCN2CCCC2)cc1Cl. The van der Waals surface area contributed by atoms with Crippen LogP contribution >= 0.6 is 11.6 Å². The maximum absolute atomic E-state index is 12.2. The first kappa shape index (κ1) is 16.7. The third-order valence-electron chi connectivity index (χ3n) is 3.70. The largest absolute Gasteiger partial charge is 0.326 e. The van der Waals surface area contributed by atoms with Crippen LogP contribution in [0.4, 0.5) is 0 Å². The van der Waals surface area contributed by atoms with Crippen molar-refractivity contribution in [1.82, 2.24) is 9.62 Å². The Morgan fingerprint density at radius 3 is 2.62 bits per heavy atom. The van der Waals surface area contributed by atoms with Gasteiger partial charge in [-0.2, -0.15) is 0 Å². The van der Waals surface area contributed by atoms with E-state index in [2.05, 4.69) is 9.62 Å². The molecule has 0 aromatic heterocycles. The van der Waals surface area contributed by atoms with Crippen molar-refractivity contribution in [2.75, 3.05) is 26.2 Å². The van der Waals surface area contributed by atoms with Gasteiger partial charge in [0.05, 0.1) is 4.90 Å². The molecule has 0 amide bonds. The van der Waals surface area contributed by atoms with Gasteiger partial charge < -0.3 is 10.6 Å². The highest BCUT2D eigenvalue weighted by Gasteiger charge is 2.16. The molecule has 0 aliphatic carbocycles. The first-order valence-corrected chi connectivity index (χ1v) is 9.09. The number of sulfonamides is 1. The molecule has 1 aromatic carbocycles. The van der Waals surface area contributed by atoms with Gasteiger partial charge in [-0.15, -0.1) is 0 Å². The zero-order chi connectivity index (χ0) is 15.3. The van der Waals surface area contributed by atoms with Crippen LogP contribution in [0.2, 0.25) is 5.02 Å². The van der Waals surface area contributed by atoms with Crippen molar-refractivity contribution in [1.29, 1.82) is 0 Å². The third kappa shape index (κ3) is 4.66. The smallest absolute Gasteiger partial charge is 0.240 e. The number of halogens is 1. The number of nitrogens with two attached hydrogens (primary N) is 1. The maximum atomic E-state index is 12.2. The predicted molar refractivity (Wildman–Crippen MR) is 84.8 cm³/mol. The van der Waals surface area contributed by atoms with E-state index in [0.29, 0.717) is 18.1 Å². The minimum absolute atomic E-state index is 0.186. The molecule has 1 aromatic rings. The van der Waals surface area contributed by atoms with E-state index in [4.69, 9.17) is 17.3 Å². The van der Waals surface area contributed by atoms with Crippen molar-refractivity contribution in [2.45, 2.75) is 30.7 Å². The third-order valence-corrected chi connectivity index (χ3v) is 5.51. The van der Waals surface area contributed by atoms with Gasteiger partial charge in [0.2, 0.25) is 10.0 Å². The van der Waals surface area contributed by atoms with Crippen LogP contribution in [0.1, 0.15) is 24.8 Å². The molecule has 1 fully saturated rings. The van der Waals surface area contributed by atoms with Crippen LogP contribution in [-0.2, 0) is 16.6 Å². The van der Waals surface area contributed by atoms with Crippen LogP contribution in [0.5, 0.6) is 0 Å². The van der Waals surface area contributed by atoms with E-state index < -0.39 is 10.0 Å². The first-order chi connectivity index (χ1) is 10.0. The summed E-state index contributed by atoms with van der Waals surface area (Å²) >= 11 is 6.00. The van der Waals surface area contributed by atoms with Gasteiger partial charge in [-0.25, -0.2) is 13.1 Å². The molecule has 2 rings (SSSR count). The lowest BCUT2D eigenvalue weighted by molar-refractivity contribution is 0.334. The van der Waals surface area contributed by atoms with E-state index >= 15 is 0 Å². The van der Waals surface area contributed by atoms with Gasteiger partial charge in [-0.1, -0.05) is 17.7 Å². The molecule has 0 saturated carbocycles. The zero-order valence-corrected chi connectivity index (χ0v) is 13.6. The van der Waals surface area contributed by atoms with Crippen molar-refractivity contribution in [3.8, 4) is 0 Å². The molecule has 0 radical (unpaired) electrons. The Kier molecular flexibility index (Phi) is 6.01. The van der Waals surface area contributed by atoms with Gasteiger partial charge in [-0.05, 0) is 56.6 Å². The number of likely N-dealkylation sites (tertiary alicyclic amines) is 1. The number of nitrogens with one attached hydrogen (secondary N) is 1. The highest BCUT2D eigenvalue weighted by molar-refractivity contribution is 7.89. The molecule has 1 heterocycles. The lowest BCUT2D eigenvalue weighted by atomic mass is 10.2. The molecular weight excluding hydrogens is 310 g/mol. The molecule has 3 N–H and O–H groups in total. The van der Waals surface area contributed by atoms with Crippen LogP contribution in [0, 0.1) is 0 Å². The maximum Gasteiger partial charge on any atom is 0.240 e. The molecule has 5 nitrogen and oxygen atoms in total. The molecule has 1 aliphatic rings. The summed E-state index contributed by atoms with van der Waals surface area (Å²) in [5.41, 5.74) is 6.25. The molecule has 0 spiro atoms. The van der Waals surface area contributed by atoms with E-state index in [1.54, 1.807) is 6.07 Å². The van der Waals surface area contributed by atoms with Gasteiger partial charge in [-0.3, -0.25) is 0 Å². The number of hydrogen-bond donors (Lipinski definition) is 2. The van der Waals surface area contributed by atoms with Gasteiger partial charge in [0.1, 0.15) is 0 Å². The standard InChI is InChI=1S/C14H22ClN3O2S/c15-14-10-13(5-4-12(14)11-16)21(19,20)17-6-3-9-18-7-1-2-8-18/h4-5,10,17H,1-3,6-9,11,16H2. The fourth-order valence-electron chi connectivity index (χ4n) is 2.46. The Morgan fingerprint density at radius 1 is 1.29 bits per heavy atom. The Bertz CT molecular complexity index is 572. The predicted octanol–water partition coefficient (Wildman–Crippen LogP) is 1.56. The van der Waals surface area contributed by atoms with Gasteiger partial charge in [0.25, 0.3) is 0 Å². The molecule has 7 heteroatoms. The number of benzene rings is 1. The molecule has 1 saturated heterocycles. The van der Waals surface area contributed by atoms with Gasteiger partial charge >= 0.3 is 0 Å². The van der Waals surface area contributed by atoms with Gasteiger partial charge in [0.15, 0.2) is 0 Å². The fraction of sp³-hybridized carbons (Fsp3) is 0.571. The average Bonchev–Trinajstić information content (AvgIpc) is 2.97. The average molecular weight is 332 g/mol. The quantitative estimate of drug-likeness (QED) is 0.744. The van der Waals surface area contributed by atoms with Crippen LogP contribution in [0.15, 0.2) is 23.1 Å². The van der Waals surface area contributed by atoms with Crippen LogP contribution < -0.4 is 10.5 Å². The van der Waals surface area contributed by atoms with Crippen molar-refractivity contribution in [2.24, 2.45) is 5.73 Å². The van der Waals surface area contributed by atoms with Crippen molar-refractivity contribution < 1.29 is 8.42 Å². The van der Waals surface area contributed by atoms with E-state index in [-0.39, 0.29) is 4.90 Å². The number of nitrogens with zero attached hydrogens (tertiary/aromatic N) is 1. The Balaban J connectivity index is 1.87. The summed E-state index contributed by atoms with van der Waals surface area (Å²) in [7, 11) is -3.50. The number of rotatable bonds is 7. The molecule has 1 aliphatic heterocycles. The molecule has 0 unspecified atom stereocenters. The summed E-state index contributed by atoms with van der Waals surface area (Å²) in [4.78, 5) is 2.55. The van der Waals surface area contributed by atoms with Crippen molar-refractivity contribution >= 4 is 21.6 Å². The van der Waals surface area contributed by atoms with Gasteiger partial charge in [0, 0.05) is 18.1 Å². The van der Waals surface area contributed by atoms with Crippen LogP contribution in [-0.4, -0.2) is 39.5 Å². The summed E-state index contributed by atoms with van der Waals surface area (Å²) in [5, 5.41) is 0.387. The van der Waals surface area contributed by atoms with Crippen molar-refractivity contribution in [3.05, 3.63) is 28.8 Å². The normalized spacial score (nSPS) is 16.5. The summed E-state index contributed by atoms with van der Waals surface area (Å²) in [5.74, 6) is 0. The second kappa shape index (κ2) is 7.56. The fourth-order valence-corrected chi connectivity index (χ4v) is 3.88. The van der Waals surface area contributed by atoms with E-state index in [9.17, 15) is 8.42 Å². The van der Waals surface area contributed by atoms with E-state index in [1.165, 1.54) is 25.0 Å². The van der Waals surface area contributed by atoms with E-state index in [1.807, 2.05) is 0 Å². The summed E-state index contributed by atoms with van der Waals surface area (Å²) in [6.07, 6.45) is 3.31. The summed E-state index contributed by atoms with van der Waals surface area (Å²) < 4.78 is 27.0. The summed E-state index contributed by atoms with van der Waals surface area (Å²) in [6, 6.07) is 4.64. The second-order valence-electron chi connectivity index (χ2n) is 5.26. The zero-order valence-electron chi connectivity index (χ0n) is 12.0. The Labute approximate surface area is 131 Å². The van der Waals surface area contributed by atoms with Crippen molar-refractivity contribution in [3.63, 3.8) is 0 Å². The Hall–Kier alpha value is -0.660. The lowest BCUT2D eigenvalue weighted by Crippen LogP contribution is -2.28. The highest BCUT2D eigenvalue weighted by atomic mass is 35.5. The Morgan fingerprint density at radius 2 is 2.00 bits per heavy atom. The molecular formula is C14H22ClN3O2S. The monoisotopic (exact) mass is 331 g/mol. The minimum Gasteiger partial charge on any atom is -0.326 e. The van der Waals surface area contributed by atoms with Crippen LogP contribution in [0.3, 0.4) is 0 Å². The van der Waals surface area contributed by atoms with Crippen LogP contribution in [0.25, 0.3) is 0 Å². The first-order valence-electron chi connectivity index (χ1n) is 7.23. The topological polar surface area (TPSA) is 75.4 Å². The lowest BCUT2D eigenvalue weighted by Gasteiger charge is -2.14.